The lowest BCUT2D eigenvalue weighted by Crippen LogP contribution is -2.08. The molecule has 0 spiro atoms. The van der Waals surface area contributed by atoms with Crippen LogP contribution in [0.2, 0.25) is 0 Å². The number of hydrogen-bond acceptors (Lipinski definition) is 7. The summed E-state index contributed by atoms with van der Waals surface area (Å²) in [5.74, 6) is -1.53. The number of carbonyl (C=O) groups excluding carboxylic acids is 1. The number of rotatable bonds is 4. The van der Waals surface area contributed by atoms with Crippen molar-refractivity contribution >= 4 is 24.9 Å². The number of esters is 1. The molecule has 0 bridgehead atoms. The van der Waals surface area contributed by atoms with Crippen LogP contribution in [0.4, 0.5) is 6.01 Å². The normalized spacial score (nSPS) is 11.6. The van der Waals surface area contributed by atoms with E-state index in [-0.39, 0.29) is 29.8 Å². The Hall–Kier alpha value is -2.09. The third kappa shape index (κ3) is 2.60. The van der Waals surface area contributed by atoms with E-state index in [2.05, 4.69) is 4.98 Å². The van der Waals surface area contributed by atoms with Gasteiger partial charge in [0.1, 0.15) is 5.30 Å². The van der Waals surface area contributed by atoms with Gasteiger partial charge in [0.2, 0.25) is 5.76 Å². The van der Waals surface area contributed by atoms with Crippen LogP contribution in [0.5, 0.6) is 0 Å². The fraction of sp³-hybridized carbons (Fsp3) is 0.200. The number of nitrogens with two attached hydrogens (primary N) is 1. The molecule has 108 valence electrons. The highest BCUT2D eigenvalue weighted by atomic mass is 31.2. The first-order valence-electron chi connectivity index (χ1n) is 5.42. The molecule has 0 fully saturated rings. The number of oxazole rings is 1. The predicted molar refractivity (Wildman–Crippen MR) is 66.3 cm³/mol. The molecule has 0 aromatic carbocycles. The fourth-order valence-corrected chi connectivity index (χ4v) is 2.21. The van der Waals surface area contributed by atoms with E-state index < -0.39 is 18.9 Å². The molecule has 0 atom stereocenters. The Kier molecular flexibility index (Phi) is 3.67. The van der Waals surface area contributed by atoms with Crippen LogP contribution in [0.15, 0.2) is 21.2 Å². The van der Waals surface area contributed by atoms with E-state index in [0.717, 1.165) is 12.3 Å². The first-order chi connectivity index (χ1) is 9.34. The lowest BCUT2D eigenvalue weighted by molar-refractivity contribution is 0.0492. The Morgan fingerprint density at radius 3 is 2.85 bits per heavy atom. The van der Waals surface area contributed by atoms with E-state index in [9.17, 15) is 19.1 Å². The highest BCUT2D eigenvalue weighted by molar-refractivity contribution is 7.60. The minimum atomic E-state index is -4.60. The molecule has 0 saturated heterocycles. The molecule has 0 saturated carbocycles. The third-order valence-corrected chi connectivity index (χ3v) is 3.26. The van der Waals surface area contributed by atoms with E-state index in [1.165, 1.54) is 0 Å². The van der Waals surface area contributed by atoms with E-state index in [1.54, 1.807) is 6.92 Å². The molecule has 4 N–H and O–H groups in total. The first kappa shape index (κ1) is 14.3. The zero-order valence-corrected chi connectivity index (χ0v) is 11.2. The maximum atomic E-state index is 11.7. The Morgan fingerprint density at radius 1 is 1.55 bits per heavy atom. The molecule has 9 nitrogen and oxygen atoms in total. The van der Waals surface area contributed by atoms with Crippen molar-refractivity contribution in [2.45, 2.75) is 6.92 Å². The van der Waals surface area contributed by atoms with Crippen LogP contribution in [0, 0.1) is 0 Å². The second-order valence-electron chi connectivity index (χ2n) is 3.63. The van der Waals surface area contributed by atoms with Crippen LogP contribution < -0.4 is 11.0 Å². The molecule has 0 radical (unpaired) electrons. The van der Waals surface area contributed by atoms with Crippen LogP contribution in [0.25, 0.3) is 11.5 Å². The van der Waals surface area contributed by atoms with Gasteiger partial charge >= 0.3 is 13.6 Å². The molecule has 10 heteroatoms. The molecule has 0 amide bonds. The summed E-state index contributed by atoms with van der Waals surface area (Å²) in [6, 6.07) is 0.728. The van der Waals surface area contributed by atoms with Gasteiger partial charge < -0.3 is 29.1 Å². The van der Waals surface area contributed by atoms with Gasteiger partial charge in [-0.15, -0.1) is 0 Å². The van der Waals surface area contributed by atoms with Crippen molar-refractivity contribution in [3.05, 3.63) is 18.1 Å². The number of carbonyl (C=O) groups is 1. The molecule has 20 heavy (non-hydrogen) atoms. The van der Waals surface area contributed by atoms with Crippen LogP contribution >= 0.6 is 7.60 Å². The van der Waals surface area contributed by atoms with Crippen LogP contribution in [-0.4, -0.2) is 27.3 Å². The monoisotopic (exact) mass is 302 g/mol. The highest BCUT2D eigenvalue weighted by Crippen LogP contribution is 2.39. The minimum absolute atomic E-state index is 0.0857. The predicted octanol–water partition coefficient (Wildman–Crippen LogP) is 0.496. The van der Waals surface area contributed by atoms with Gasteiger partial charge in [-0.2, -0.15) is 4.98 Å². The SMILES string of the molecule is CCOC(=O)c1oc(N)nc1-c1occc1P(=O)(O)O. The molecular formula is C10H11N2O7P. The summed E-state index contributed by atoms with van der Waals surface area (Å²) in [5.41, 5.74) is 5.14. The summed E-state index contributed by atoms with van der Waals surface area (Å²) in [5, 5.41) is -0.420. The lowest BCUT2D eigenvalue weighted by Gasteiger charge is -2.03. The van der Waals surface area contributed by atoms with Gasteiger partial charge in [0, 0.05) is 0 Å². The van der Waals surface area contributed by atoms with Gasteiger partial charge in [0.05, 0.1) is 12.9 Å². The molecular weight excluding hydrogens is 291 g/mol. The average Bonchev–Trinajstić information content (AvgIpc) is 2.93. The zero-order chi connectivity index (χ0) is 14.9. The number of hydrogen-bond donors (Lipinski definition) is 3. The molecule has 2 rings (SSSR count). The molecule has 0 unspecified atom stereocenters. The second kappa shape index (κ2) is 5.12. The van der Waals surface area contributed by atoms with Crippen molar-refractivity contribution in [3.63, 3.8) is 0 Å². The Bertz CT molecular complexity index is 684. The number of ether oxygens (including phenoxy) is 1. The van der Waals surface area contributed by atoms with Crippen LogP contribution in [-0.2, 0) is 9.30 Å². The van der Waals surface area contributed by atoms with Gasteiger partial charge in [-0.3, -0.25) is 4.57 Å². The summed E-state index contributed by atoms with van der Waals surface area (Å²) in [7, 11) is -4.60. The lowest BCUT2D eigenvalue weighted by atomic mass is 10.3. The standard InChI is InChI=1S/C10H11N2O7P/c1-2-17-9(13)8-6(12-10(11)19-8)7-5(3-4-18-7)20(14,15)16/h3-4H,2H2,1H3,(H2,11,12)(H2,14,15,16). The summed E-state index contributed by atoms with van der Waals surface area (Å²) in [4.78, 5) is 33.8. The number of nitrogen functional groups attached to an aromatic ring is 1. The van der Waals surface area contributed by atoms with Crippen molar-refractivity contribution in [1.29, 1.82) is 0 Å². The maximum absolute atomic E-state index is 11.7. The summed E-state index contributed by atoms with van der Waals surface area (Å²) >= 11 is 0. The number of aromatic nitrogens is 1. The number of nitrogens with zero attached hydrogens (tertiary/aromatic N) is 1. The molecule has 0 aliphatic carbocycles. The van der Waals surface area contributed by atoms with Crippen molar-refractivity contribution < 1.29 is 32.7 Å². The van der Waals surface area contributed by atoms with Crippen molar-refractivity contribution in [1.82, 2.24) is 4.98 Å². The Morgan fingerprint density at radius 2 is 2.25 bits per heavy atom. The maximum Gasteiger partial charge on any atom is 0.376 e. The molecule has 0 aliphatic rings. The molecule has 2 aromatic rings. The number of anilines is 1. The van der Waals surface area contributed by atoms with E-state index in [0.29, 0.717) is 0 Å². The van der Waals surface area contributed by atoms with Gasteiger partial charge in [-0.1, -0.05) is 0 Å². The summed E-state index contributed by atoms with van der Waals surface area (Å²) < 4.78 is 26.0. The number of furan rings is 1. The Labute approximate surface area is 112 Å². The first-order valence-corrected chi connectivity index (χ1v) is 7.03. The fourth-order valence-electron chi connectivity index (χ4n) is 1.53. The van der Waals surface area contributed by atoms with E-state index in [1.807, 2.05) is 0 Å². The topological polar surface area (TPSA) is 149 Å². The van der Waals surface area contributed by atoms with Gasteiger partial charge in [0.25, 0.3) is 6.01 Å². The molecule has 2 aromatic heterocycles. The second-order valence-corrected chi connectivity index (χ2v) is 5.20. The summed E-state index contributed by atoms with van der Waals surface area (Å²) in [6.45, 7) is 1.67. The largest absolute Gasteiger partial charge is 0.462 e. The smallest absolute Gasteiger partial charge is 0.376 e. The molecule has 0 aliphatic heterocycles. The van der Waals surface area contributed by atoms with Crippen LogP contribution in [0.3, 0.4) is 0 Å². The van der Waals surface area contributed by atoms with E-state index in [4.69, 9.17) is 19.3 Å². The van der Waals surface area contributed by atoms with Crippen molar-refractivity contribution in [2.24, 2.45) is 0 Å². The van der Waals surface area contributed by atoms with E-state index >= 15 is 0 Å². The van der Waals surface area contributed by atoms with Gasteiger partial charge in [0.15, 0.2) is 11.5 Å². The average molecular weight is 302 g/mol. The minimum Gasteiger partial charge on any atom is -0.462 e. The third-order valence-electron chi connectivity index (χ3n) is 2.28. The highest BCUT2D eigenvalue weighted by Gasteiger charge is 2.31. The zero-order valence-electron chi connectivity index (χ0n) is 10.3. The van der Waals surface area contributed by atoms with Crippen molar-refractivity contribution in [3.8, 4) is 11.5 Å². The quantitative estimate of drug-likeness (QED) is 0.541. The van der Waals surface area contributed by atoms with Gasteiger partial charge in [-0.05, 0) is 13.0 Å². The van der Waals surface area contributed by atoms with Gasteiger partial charge in [-0.25, -0.2) is 4.79 Å². The van der Waals surface area contributed by atoms with Crippen molar-refractivity contribution in [2.75, 3.05) is 12.3 Å². The molecule has 2 heterocycles. The van der Waals surface area contributed by atoms with Crippen LogP contribution in [0.1, 0.15) is 17.5 Å². The summed E-state index contributed by atoms with van der Waals surface area (Å²) in [6.07, 6.45) is 1.06. The Balaban J connectivity index is 2.57.